The van der Waals surface area contributed by atoms with E-state index in [0.717, 1.165) is 34.5 Å². The van der Waals surface area contributed by atoms with Gasteiger partial charge in [0.2, 0.25) is 11.6 Å². The number of oxazole rings is 1. The standard InChI is InChI=1S/C16H14BrN3O/c17-12-5-3-11(4-6-12)15-18-13-7-8-14(19-16(13)21-15)20-9-1-2-10-20/h3-8H,1-2,9-10H2. The summed E-state index contributed by atoms with van der Waals surface area (Å²) in [5, 5.41) is 0. The maximum absolute atomic E-state index is 5.83. The van der Waals surface area contributed by atoms with E-state index in [2.05, 4.69) is 30.8 Å². The van der Waals surface area contributed by atoms with Crippen molar-refractivity contribution in [2.45, 2.75) is 12.8 Å². The van der Waals surface area contributed by atoms with Crippen LogP contribution in [0.1, 0.15) is 12.8 Å². The molecule has 1 aliphatic rings. The van der Waals surface area contributed by atoms with Crippen LogP contribution >= 0.6 is 15.9 Å². The van der Waals surface area contributed by atoms with E-state index < -0.39 is 0 Å². The van der Waals surface area contributed by atoms with Gasteiger partial charge in [-0.3, -0.25) is 0 Å². The zero-order valence-electron chi connectivity index (χ0n) is 11.4. The van der Waals surface area contributed by atoms with Crippen molar-refractivity contribution in [3.63, 3.8) is 0 Å². The molecule has 0 saturated carbocycles. The van der Waals surface area contributed by atoms with E-state index in [1.807, 2.05) is 36.4 Å². The Morgan fingerprint density at radius 1 is 0.952 bits per heavy atom. The Labute approximate surface area is 130 Å². The number of hydrogen-bond donors (Lipinski definition) is 0. The predicted octanol–water partition coefficient (Wildman–Crippen LogP) is 4.25. The number of aromatic nitrogens is 2. The summed E-state index contributed by atoms with van der Waals surface area (Å²) in [7, 11) is 0. The van der Waals surface area contributed by atoms with Gasteiger partial charge in [-0.2, -0.15) is 4.98 Å². The van der Waals surface area contributed by atoms with Crippen LogP contribution in [0.2, 0.25) is 0 Å². The van der Waals surface area contributed by atoms with Crippen molar-refractivity contribution >= 4 is 33.0 Å². The van der Waals surface area contributed by atoms with Gasteiger partial charge in [-0.15, -0.1) is 0 Å². The number of halogens is 1. The minimum atomic E-state index is 0.609. The fourth-order valence-corrected chi connectivity index (χ4v) is 2.91. The normalized spacial score (nSPS) is 15.0. The first-order valence-electron chi connectivity index (χ1n) is 7.08. The summed E-state index contributed by atoms with van der Waals surface area (Å²) in [4.78, 5) is 11.4. The van der Waals surface area contributed by atoms with Crippen molar-refractivity contribution in [1.29, 1.82) is 0 Å². The van der Waals surface area contributed by atoms with Gasteiger partial charge in [-0.1, -0.05) is 15.9 Å². The molecule has 2 aromatic heterocycles. The van der Waals surface area contributed by atoms with Crippen LogP contribution < -0.4 is 4.90 Å². The number of hydrogen-bond acceptors (Lipinski definition) is 4. The fourth-order valence-electron chi connectivity index (χ4n) is 2.65. The molecule has 0 radical (unpaired) electrons. The Morgan fingerprint density at radius 2 is 1.71 bits per heavy atom. The third-order valence-electron chi connectivity index (χ3n) is 3.76. The molecule has 106 valence electrons. The molecule has 4 nitrogen and oxygen atoms in total. The SMILES string of the molecule is Brc1ccc(-c2nc3ccc(N4CCCC4)nc3o2)cc1. The molecule has 0 unspecified atom stereocenters. The van der Waals surface area contributed by atoms with Crippen LogP contribution in [0.3, 0.4) is 0 Å². The van der Waals surface area contributed by atoms with Gasteiger partial charge < -0.3 is 9.32 Å². The lowest BCUT2D eigenvalue weighted by molar-refractivity contribution is 0.607. The van der Waals surface area contributed by atoms with Gasteiger partial charge >= 0.3 is 0 Å². The van der Waals surface area contributed by atoms with E-state index in [1.165, 1.54) is 12.8 Å². The Morgan fingerprint density at radius 3 is 2.48 bits per heavy atom. The minimum absolute atomic E-state index is 0.609. The molecule has 3 heterocycles. The molecule has 1 aromatic carbocycles. The minimum Gasteiger partial charge on any atom is -0.418 e. The van der Waals surface area contributed by atoms with Gasteiger partial charge in [-0.05, 0) is 49.2 Å². The first-order chi connectivity index (χ1) is 10.3. The second kappa shape index (κ2) is 5.15. The van der Waals surface area contributed by atoms with Crippen LogP contribution in [0.5, 0.6) is 0 Å². The summed E-state index contributed by atoms with van der Waals surface area (Å²) in [5.74, 6) is 1.60. The molecule has 0 bridgehead atoms. The number of benzene rings is 1. The van der Waals surface area contributed by atoms with Gasteiger partial charge in [0.1, 0.15) is 11.3 Å². The molecule has 0 amide bonds. The van der Waals surface area contributed by atoms with Gasteiger partial charge in [-0.25, -0.2) is 4.98 Å². The third-order valence-corrected chi connectivity index (χ3v) is 4.29. The molecule has 4 rings (SSSR count). The van der Waals surface area contributed by atoms with Crippen molar-refractivity contribution in [1.82, 2.24) is 9.97 Å². The summed E-state index contributed by atoms with van der Waals surface area (Å²) < 4.78 is 6.87. The van der Waals surface area contributed by atoms with E-state index in [4.69, 9.17) is 4.42 Å². The predicted molar refractivity (Wildman–Crippen MR) is 86.4 cm³/mol. The maximum Gasteiger partial charge on any atom is 0.249 e. The summed E-state index contributed by atoms with van der Waals surface area (Å²) in [5.41, 5.74) is 2.37. The first-order valence-corrected chi connectivity index (χ1v) is 7.87. The van der Waals surface area contributed by atoms with Crippen LogP contribution in [0.4, 0.5) is 5.82 Å². The molecule has 5 heteroatoms. The first kappa shape index (κ1) is 12.8. The Kier molecular flexibility index (Phi) is 3.15. The van der Waals surface area contributed by atoms with Crippen molar-refractivity contribution in [3.8, 4) is 11.5 Å². The highest BCUT2D eigenvalue weighted by Gasteiger charge is 2.16. The molecule has 3 aromatic rings. The molecule has 0 spiro atoms. The molecule has 0 atom stereocenters. The van der Waals surface area contributed by atoms with E-state index in [0.29, 0.717) is 11.6 Å². The van der Waals surface area contributed by atoms with Crippen LogP contribution in [-0.2, 0) is 0 Å². The zero-order chi connectivity index (χ0) is 14.2. The average Bonchev–Trinajstić information content (AvgIpc) is 3.16. The maximum atomic E-state index is 5.83. The average molecular weight is 344 g/mol. The zero-order valence-corrected chi connectivity index (χ0v) is 13.0. The summed E-state index contributed by atoms with van der Waals surface area (Å²) in [6, 6.07) is 11.9. The summed E-state index contributed by atoms with van der Waals surface area (Å²) in [6.45, 7) is 2.15. The highest BCUT2D eigenvalue weighted by Crippen LogP contribution is 2.27. The van der Waals surface area contributed by atoms with Crippen molar-refractivity contribution in [2.75, 3.05) is 18.0 Å². The summed E-state index contributed by atoms with van der Waals surface area (Å²) in [6.07, 6.45) is 2.47. The summed E-state index contributed by atoms with van der Waals surface area (Å²) >= 11 is 3.43. The second-order valence-corrected chi connectivity index (χ2v) is 6.13. The molecular weight excluding hydrogens is 330 g/mol. The smallest absolute Gasteiger partial charge is 0.249 e. The Balaban J connectivity index is 1.73. The van der Waals surface area contributed by atoms with Gasteiger partial charge in [0, 0.05) is 23.1 Å². The van der Waals surface area contributed by atoms with Gasteiger partial charge in [0.05, 0.1) is 0 Å². The van der Waals surface area contributed by atoms with Crippen LogP contribution in [0.15, 0.2) is 45.3 Å². The Bertz CT molecular complexity index is 776. The fraction of sp³-hybridized carbons (Fsp3) is 0.250. The number of rotatable bonds is 2. The molecule has 1 aliphatic heterocycles. The van der Waals surface area contributed by atoms with E-state index in [9.17, 15) is 0 Å². The van der Waals surface area contributed by atoms with Gasteiger partial charge in [0.25, 0.3) is 0 Å². The molecule has 1 fully saturated rings. The second-order valence-electron chi connectivity index (χ2n) is 5.21. The molecule has 0 N–H and O–H groups in total. The third kappa shape index (κ3) is 2.42. The topological polar surface area (TPSA) is 42.2 Å². The number of fused-ring (bicyclic) bond motifs is 1. The molecule has 21 heavy (non-hydrogen) atoms. The van der Waals surface area contributed by atoms with E-state index in [-0.39, 0.29) is 0 Å². The lowest BCUT2D eigenvalue weighted by Gasteiger charge is -2.15. The molecule has 1 saturated heterocycles. The highest BCUT2D eigenvalue weighted by molar-refractivity contribution is 9.10. The lowest BCUT2D eigenvalue weighted by atomic mass is 10.2. The number of anilines is 1. The monoisotopic (exact) mass is 343 g/mol. The highest BCUT2D eigenvalue weighted by atomic mass is 79.9. The number of nitrogens with zero attached hydrogens (tertiary/aromatic N) is 3. The van der Waals surface area contributed by atoms with E-state index >= 15 is 0 Å². The van der Waals surface area contributed by atoms with Crippen LogP contribution in [0.25, 0.3) is 22.7 Å². The van der Waals surface area contributed by atoms with E-state index in [1.54, 1.807) is 0 Å². The van der Waals surface area contributed by atoms with Crippen molar-refractivity contribution < 1.29 is 4.42 Å². The van der Waals surface area contributed by atoms with Crippen LogP contribution in [-0.4, -0.2) is 23.1 Å². The van der Waals surface area contributed by atoms with Gasteiger partial charge in [0.15, 0.2) is 0 Å². The largest absolute Gasteiger partial charge is 0.418 e. The van der Waals surface area contributed by atoms with Crippen molar-refractivity contribution in [2.24, 2.45) is 0 Å². The number of pyridine rings is 1. The molecular formula is C16H14BrN3O. The Hall–Kier alpha value is -1.88. The molecule has 0 aliphatic carbocycles. The van der Waals surface area contributed by atoms with Crippen LogP contribution in [0, 0.1) is 0 Å². The lowest BCUT2D eigenvalue weighted by Crippen LogP contribution is -2.18. The van der Waals surface area contributed by atoms with Crippen molar-refractivity contribution in [3.05, 3.63) is 40.9 Å². The quantitative estimate of drug-likeness (QED) is 0.697.